The highest BCUT2D eigenvalue weighted by Crippen LogP contribution is 2.11. The molecule has 0 aliphatic carbocycles. The summed E-state index contributed by atoms with van der Waals surface area (Å²) in [6.45, 7) is 2.37. The second kappa shape index (κ2) is 6.76. The summed E-state index contributed by atoms with van der Waals surface area (Å²) in [5.41, 5.74) is 0.868. The van der Waals surface area contributed by atoms with Crippen LogP contribution in [0.5, 0.6) is 0 Å². The summed E-state index contributed by atoms with van der Waals surface area (Å²) in [4.78, 5) is 13.0. The zero-order valence-electron chi connectivity index (χ0n) is 11.5. The molecule has 0 radical (unpaired) electrons. The smallest absolute Gasteiger partial charge is 0.243 e. The van der Waals surface area contributed by atoms with Crippen LogP contribution < -0.4 is 5.32 Å². The van der Waals surface area contributed by atoms with E-state index in [2.05, 4.69) is 20.7 Å². The Morgan fingerprint density at radius 2 is 2.15 bits per heavy atom. The van der Waals surface area contributed by atoms with Gasteiger partial charge in [0.05, 0.1) is 6.61 Å². The summed E-state index contributed by atoms with van der Waals surface area (Å²) in [7, 11) is 1.59. The fourth-order valence-electron chi connectivity index (χ4n) is 1.75. The predicted octanol–water partition coefficient (Wildman–Crippen LogP) is 0.491. The Kier molecular flexibility index (Phi) is 4.78. The predicted molar refractivity (Wildman–Crippen MR) is 72.7 cm³/mol. The molecule has 0 spiro atoms. The number of nitrogens with zero attached hydrogens (tertiary/aromatic N) is 4. The van der Waals surface area contributed by atoms with Crippen LogP contribution in [0.3, 0.4) is 0 Å². The van der Waals surface area contributed by atoms with Crippen LogP contribution >= 0.6 is 0 Å². The van der Waals surface area contributed by atoms with Gasteiger partial charge in [-0.25, -0.2) is 0 Å². The number of tetrazole rings is 1. The van der Waals surface area contributed by atoms with E-state index >= 15 is 0 Å². The molecule has 1 N–H and O–H groups in total. The van der Waals surface area contributed by atoms with Crippen LogP contribution in [0.25, 0.3) is 11.4 Å². The van der Waals surface area contributed by atoms with Gasteiger partial charge in [0, 0.05) is 18.7 Å². The van der Waals surface area contributed by atoms with E-state index in [1.54, 1.807) is 7.11 Å². The molecule has 1 aromatic heterocycles. The minimum atomic E-state index is -0.174. The third-order valence-corrected chi connectivity index (χ3v) is 2.59. The Morgan fingerprint density at radius 3 is 2.85 bits per heavy atom. The van der Waals surface area contributed by atoms with E-state index in [1.165, 1.54) is 4.80 Å². The molecule has 106 valence electrons. The van der Waals surface area contributed by atoms with Crippen LogP contribution in [0.1, 0.15) is 6.92 Å². The Balaban J connectivity index is 1.95. The highest BCUT2D eigenvalue weighted by atomic mass is 16.5. The normalized spacial score (nSPS) is 12.1. The molecular formula is C13H17N5O2. The Morgan fingerprint density at radius 1 is 1.40 bits per heavy atom. The van der Waals surface area contributed by atoms with E-state index in [0.29, 0.717) is 12.4 Å². The van der Waals surface area contributed by atoms with Crippen LogP contribution in [0.15, 0.2) is 30.3 Å². The lowest BCUT2D eigenvalue weighted by molar-refractivity contribution is -0.123. The van der Waals surface area contributed by atoms with Gasteiger partial charge in [0.25, 0.3) is 0 Å². The number of carbonyl (C=O) groups excluding carboxylic acids is 1. The van der Waals surface area contributed by atoms with Crippen molar-refractivity contribution in [2.24, 2.45) is 0 Å². The van der Waals surface area contributed by atoms with Crippen molar-refractivity contribution in [3.05, 3.63) is 30.3 Å². The lowest BCUT2D eigenvalue weighted by Gasteiger charge is -2.11. The number of hydrogen-bond acceptors (Lipinski definition) is 5. The largest absolute Gasteiger partial charge is 0.383 e. The van der Waals surface area contributed by atoms with E-state index in [-0.39, 0.29) is 18.5 Å². The number of nitrogens with one attached hydrogen (secondary N) is 1. The van der Waals surface area contributed by atoms with E-state index in [0.717, 1.165) is 5.56 Å². The Bertz CT molecular complexity index is 555. The van der Waals surface area contributed by atoms with E-state index in [9.17, 15) is 4.79 Å². The molecule has 0 aliphatic rings. The second-order valence-corrected chi connectivity index (χ2v) is 4.43. The number of aromatic nitrogens is 4. The van der Waals surface area contributed by atoms with Crippen molar-refractivity contribution < 1.29 is 9.53 Å². The summed E-state index contributed by atoms with van der Waals surface area (Å²) in [6, 6.07) is 9.44. The number of carbonyl (C=O) groups is 1. The number of methoxy groups -OCH3 is 1. The molecule has 0 aliphatic heterocycles. The average Bonchev–Trinajstić information content (AvgIpc) is 2.88. The molecule has 1 atom stereocenters. The molecule has 20 heavy (non-hydrogen) atoms. The molecule has 1 heterocycles. The Hall–Kier alpha value is -2.28. The highest BCUT2D eigenvalue weighted by molar-refractivity contribution is 5.75. The maximum atomic E-state index is 11.7. The molecule has 1 unspecified atom stereocenters. The van der Waals surface area contributed by atoms with Crippen molar-refractivity contribution >= 4 is 5.91 Å². The van der Waals surface area contributed by atoms with Crippen molar-refractivity contribution in [1.82, 2.24) is 25.5 Å². The summed E-state index contributed by atoms with van der Waals surface area (Å²) in [6.07, 6.45) is 0. The Labute approximate surface area is 116 Å². The number of amides is 1. The summed E-state index contributed by atoms with van der Waals surface area (Å²) in [5.74, 6) is 0.329. The minimum absolute atomic E-state index is 0.0356. The topological polar surface area (TPSA) is 81.9 Å². The lowest BCUT2D eigenvalue weighted by atomic mass is 10.2. The molecule has 0 fully saturated rings. The molecule has 7 nitrogen and oxygen atoms in total. The molecule has 2 rings (SSSR count). The third kappa shape index (κ3) is 3.86. The quantitative estimate of drug-likeness (QED) is 0.829. The first-order chi connectivity index (χ1) is 9.69. The van der Waals surface area contributed by atoms with Gasteiger partial charge in [0.1, 0.15) is 6.54 Å². The summed E-state index contributed by atoms with van der Waals surface area (Å²) < 4.78 is 4.95. The van der Waals surface area contributed by atoms with E-state index < -0.39 is 0 Å². The van der Waals surface area contributed by atoms with Gasteiger partial charge in [-0.1, -0.05) is 30.3 Å². The third-order valence-electron chi connectivity index (χ3n) is 2.59. The monoisotopic (exact) mass is 275 g/mol. The van der Waals surface area contributed by atoms with Crippen LogP contribution in [0.2, 0.25) is 0 Å². The van der Waals surface area contributed by atoms with Crippen molar-refractivity contribution in [2.75, 3.05) is 13.7 Å². The van der Waals surface area contributed by atoms with Gasteiger partial charge in [-0.2, -0.15) is 4.80 Å². The number of rotatable bonds is 6. The van der Waals surface area contributed by atoms with Gasteiger partial charge >= 0.3 is 0 Å². The number of ether oxygens (including phenoxy) is 1. The maximum absolute atomic E-state index is 11.7. The van der Waals surface area contributed by atoms with E-state index in [4.69, 9.17) is 4.74 Å². The van der Waals surface area contributed by atoms with E-state index in [1.807, 2.05) is 37.3 Å². The van der Waals surface area contributed by atoms with Crippen molar-refractivity contribution in [3.8, 4) is 11.4 Å². The van der Waals surface area contributed by atoms with Gasteiger partial charge in [-0.05, 0) is 12.1 Å². The molecule has 7 heteroatoms. The van der Waals surface area contributed by atoms with Gasteiger partial charge in [0.15, 0.2) is 0 Å². The minimum Gasteiger partial charge on any atom is -0.383 e. The first kappa shape index (κ1) is 14.1. The fraction of sp³-hybridized carbons (Fsp3) is 0.385. The van der Waals surface area contributed by atoms with Crippen molar-refractivity contribution in [1.29, 1.82) is 0 Å². The van der Waals surface area contributed by atoms with Crippen LogP contribution in [-0.4, -0.2) is 45.9 Å². The fourth-order valence-corrected chi connectivity index (χ4v) is 1.75. The molecule has 2 aromatic rings. The highest BCUT2D eigenvalue weighted by Gasteiger charge is 2.11. The zero-order valence-corrected chi connectivity index (χ0v) is 11.5. The van der Waals surface area contributed by atoms with Gasteiger partial charge < -0.3 is 10.1 Å². The zero-order chi connectivity index (χ0) is 14.4. The molecule has 0 saturated heterocycles. The SMILES string of the molecule is COCC(C)NC(=O)Cn1nnc(-c2ccccc2)n1. The summed E-state index contributed by atoms with van der Waals surface area (Å²) >= 11 is 0. The number of hydrogen-bond donors (Lipinski definition) is 1. The molecular weight excluding hydrogens is 258 g/mol. The first-order valence-corrected chi connectivity index (χ1v) is 6.30. The first-order valence-electron chi connectivity index (χ1n) is 6.30. The lowest BCUT2D eigenvalue weighted by Crippen LogP contribution is -2.38. The van der Waals surface area contributed by atoms with Gasteiger partial charge in [0.2, 0.25) is 11.7 Å². The molecule has 1 aromatic carbocycles. The number of benzene rings is 1. The van der Waals surface area contributed by atoms with Gasteiger partial charge in [-0.3, -0.25) is 4.79 Å². The average molecular weight is 275 g/mol. The van der Waals surface area contributed by atoms with Crippen molar-refractivity contribution in [3.63, 3.8) is 0 Å². The van der Waals surface area contributed by atoms with Crippen LogP contribution in [0, 0.1) is 0 Å². The maximum Gasteiger partial charge on any atom is 0.243 e. The standard InChI is InChI=1S/C13H17N5O2/c1-10(9-20-2)14-12(19)8-18-16-13(15-17-18)11-6-4-3-5-7-11/h3-7,10H,8-9H2,1-2H3,(H,14,19). The van der Waals surface area contributed by atoms with Crippen LogP contribution in [-0.2, 0) is 16.1 Å². The molecule has 0 saturated carbocycles. The molecule has 0 bridgehead atoms. The second-order valence-electron chi connectivity index (χ2n) is 4.43. The van der Waals surface area contributed by atoms with Gasteiger partial charge in [-0.15, -0.1) is 10.2 Å². The van der Waals surface area contributed by atoms with Crippen molar-refractivity contribution in [2.45, 2.75) is 19.5 Å². The molecule has 1 amide bonds. The summed E-state index contributed by atoms with van der Waals surface area (Å²) in [5, 5.41) is 14.8. The van der Waals surface area contributed by atoms with Crippen LogP contribution in [0.4, 0.5) is 0 Å².